The van der Waals surface area contributed by atoms with Crippen molar-refractivity contribution in [1.82, 2.24) is 14.8 Å². The Hall–Kier alpha value is -3.58. The van der Waals surface area contributed by atoms with Gasteiger partial charge in [0.05, 0.1) is 28.1 Å². The molecule has 4 aromatic carbocycles. The van der Waals surface area contributed by atoms with Crippen molar-refractivity contribution < 1.29 is 0 Å². The molecule has 0 unspecified atom stereocenters. The minimum atomic E-state index is 0.968. The van der Waals surface area contributed by atoms with Crippen molar-refractivity contribution in [3.63, 3.8) is 0 Å². The SMILES string of the molecule is c1ccc2c(c1)Sc1ccccc1N2CCCN1CCN(CCCNc2c3ccccc3nc3ccccc23)CC1. The molecule has 5 aromatic rings. The topological polar surface area (TPSA) is 34.6 Å². The molecule has 6 heteroatoms. The van der Waals surface area contributed by atoms with Crippen molar-refractivity contribution >= 4 is 50.6 Å². The molecule has 1 fully saturated rings. The molecule has 7 rings (SSSR count). The first kappa shape index (κ1) is 26.3. The van der Waals surface area contributed by atoms with Crippen LogP contribution in [0.25, 0.3) is 21.8 Å². The molecule has 41 heavy (non-hydrogen) atoms. The van der Waals surface area contributed by atoms with Crippen LogP contribution in [0.3, 0.4) is 0 Å². The molecule has 0 radical (unpaired) electrons. The lowest BCUT2D eigenvalue weighted by Gasteiger charge is -2.36. The highest BCUT2D eigenvalue weighted by Gasteiger charge is 2.23. The molecule has 0 spiro atoms. The number of nitrogens with one attached hydrogen (secondary N) is 1. The van der Waals surface area contributed by atoms with E-state index in [9.17, 15) is 0 Å². The molecule has 1 aromatic heterocycles. The Morgan fingerprint density at radius 2 is 1.10 bits per heavy atom. The van der Waals surface area contributed by atoms with Crippen molar-refractivity contribution in [2.75, 3.05) is 62.6 Å². The third kappa shape index (κ3) is 5.65. The first-order valence-corrected chi connectivity index (χ1v) is 15.7. The van der Waals surface area contributed by atoms with Crippen LogP contribution in [0.15, 0.2) is 107 Å². The normalized spacial score (nSPS) is 15.7. The average molecular weight is 560 g/mol. The van der Waals surface area contributed by atoms with Gasteiger partial charge >= 0.3 is 0 Å². The van der Waals surface area contributed by atoms with Gasteiger partial charge in [0.1, 0.15) is 0 Å². The van der Waals surface area contributed by atoms with Crippen LogP contribution in [-0.4, -0.2) is 67.1 Å². The molecule has 208 valence electrons. The lowest BCUT2D eigenvalue weighted by atomic mass is 10.1. The van der Waals surface area contributed by atoms with Crippen LogP contribution < -0.4 is 10.2 Å². The summed E-state index contributed by atoms with van der Waals surface area (Å²) in [7, 11) is 0. The number of rotatable bonds is 9. The van der Waals surface area contributed by atoms with Gasteiger partial charge in [-0.1, -0.05) is 72.4 Å². The predicted molar refractivity (Wildman–Crippen MR) is 174 cm³/mol. The summed E-state index contributed by atoms with van der Waals surface area (Å²) in [5.74, 6) is 0. The largest absolute Gasteiger partial charge is 0.384 e. The van der Waals surface area contributed by atoms with Gasteiger partial charge in [0.25, 0.3) is 0 Å². The molecule has 0 amide bonds. The third-order valence-corrected chi connectivity index (χ3v) is 9.52. The second-order valence-electron chi connectivity index (χ2n) is 11.0. The van der Waals surface area contributed by atoms with Crippen molar-refractivity contribution in [2.45, 2.75) is 22.6 Å². The van der Waals surface area contributed by atoms with Gasteiger partial charge in [0.2, 0.25) is 0 Å². The van der Waals surface area contributed by atoms with E-state index in [4.69, 9.17) is 4.98 Å². The van der Waals surface area contributed by atoms with Gasteiger partial charge in [-0.05, 0) is 62.3 Å². The summed E-state index contributed by atoms with van der Waals surface area (Å²) in [6, 6.07) is 34.6. The van der Waals surface area contributed by atoms with Crippen LogP contribution in [0.1, 0.15) is 12.8 Å². The van der Waals surface area contributed by atoms with Gasteiger partial charge < -0.3 is 20.0 Å². The molecule has 3 heterocycles. The summed E-state index contributed by atoms with van der Waals surface area (Å²) in [4.78, 5) is 15.4. The van der Waals surface area contributed by atoms with E-state index in [1.165, 1.54) is 44.0 Å². The number of para-hydroxylation sites is 4. The van der Waals surface area contributed by atoms with Crippen molar-refractivity contribution in [3.8, 4) is 0 Å². The van der Waals surface area contributed by atoms with Crippen molar-refractivity contribution in [1.29, 1.82) is 0 Å². The van der Waals surface area contributed by atoms with Crippen molar-refractivity contribution in [3.05, 3.63) is 97.1 Å². The molecule has 1 saturated heterocycles. The van der Waals surface area contributed by atoms with Gasteiger partial charge in [-0.15, -0.1) is 0 Å². The summed E-state index contributed by atoms with van der Waals surface area (Å²) in [6.07, 6.45) is 2.31. The summed E-state index contributed by atoms with van der Waals surface area (Å²) in [5, 5.41) is 6.18. The first-order valence-electron chi connectivity index (χ1n) is 14.9. The molecule has 0 bridgehead atoms. The number of nitrogens with zero attached hydrogens (tertiary/aromatic N) is 4. The number of pyridine rings is 1. The van der Waals surface area contributed by atoms with E-state index in [1.54, 1.807) is 0 Å². The molecular formula is C35H37N5S. The van der Waals surface area contributed by atoms with E-state index in [2.05, 4.69) is 117 Å². The smallest absolute Gasteiger partial charge is 0.0730 e. The lowest BCUT2D eigenvalue weighted by molar-refractivity contribution is 0.132. The summed E-state index contributed by atoms with van der Waals surface area (Å²) < 4.78 is 0. The summed E-state index contributed by atoms with van der Waals surface area (Å²) >= 11 is 1.89. The number of anilines is 3. The molecule has 0 atom stereocenters. The highest BCUT2D eigenvalue weighted by Crippen LogP contribution is 2.47. The van der Waals surface area contributed by atoms with E-state index in [0.717, 1.165) is 69.8 Å². The summed E-state index contributed by atoms with van der Waals surface area (Å²) in [5.41, 5.74) is 6.02. The molecule has 2 aliphatic heterocycles. The standard InChI is InChI=1S/C35H37N5S/c1-3-13-29-27(11-1)35(28-12-2-4-14-30(28)37-29)36-19-9-20-38-23-25-39(26-24-38)21-10-22-40-31-15-5-7-17-33(31)41-34-18-8-6-16-32(34)40/h1-8,11-18H,9-10,19-26H2,(H,36,37). The second kappa shape index (κ2) is 12.1. The Morgan fingerprint density at radius 3 is 1.71 bits per heavy atom. The van der Waals surface area contributed by atoms with E-state index in [-0.39, 0.29) is 0 Å². The fourth-order valence-electron chi connectivity index (χ4n) is 6.26. The lowest BCUT2D eigenvalue weighted by Crippen LogP contribution is -2.47. The predicted octanol–water partition coefficient (Wildman–Crippen LogP) is 7.50. The van der Waals surface area contributed by atoms with Gasteiger partial charge in [-0.3, -0.25) is 0 Å². The Bertz CT molecular complexity index is 1550. The zero-order chi connectivity index (χ0) is 27.4. The monoisotopic (exact) mass is 559 g/mol. The quantitative estimate of drug-likeness (QED) is 0.149. The van der Waals surface area contributed by atoms with E-state index in [1.807, 2.05) is 11.8 Å². The van der Waals surface area contributed by atoms with Crippen LogP contribution in [-0.2, 0) is 0 Å². The molecule has 2 aliphatic rings. The van der Waals surface area contributed by atoms with Crippen LogP contribution in [0.2, 0.25) is 0 Å². The van der Waals surface area contributed by atoms with Gasteiger partial charge in [0.15, 0.2) is 0 Å². The van der Waals surface area contributed by atoms with Crippen LogP contribution in [0, 0.1) is 0 Å². The number of fused-ring (bicyclic) bond motifs is 4. The van der Waals surface area contributed by atoms with E-state index < -0.39 is 0 Å². The fraction of sp³-hybridized carbons (Fsp3) is 0.286. The molecule has 1 N–H and O–H groups in total. The number of benzene rings is 4. The fourth-order valence-corrected chi connectivity index (χ4v) is 7.35. The maximum Gasteiger partial charge on any atom is 0.0730 e. The zero-order valence-corrected chi connectivity index (χ0v) is 24.3. The maximum absolute atomic E-state index is 4.86. The molecular weight excluding hydrogens is 522 g/mol. The zero-order valence-electron chi connectivity index (χ0n) is 23.5. The Labute approximate surface area is 247 Å². The third-order valence-electron chi connectivity index (χ3n) is 8.39. The highest BCUT2D eigenvalue weighted by atomic mass is 32.2. The maximum atomic E-state index is 4.86. The number of piperazine rings is 1. The number of hydrogen-bond donors (Lipinski definition) is 1. The van der Waals surface area contributed by atoms with E-state index in [0.29, 0.717) is 0 Å². The van der Waals surface area contributed by atoms with Gasteiger partial charge in [0, 0.05) is 59.8 Å². The highest BCUT2D eigenvalue weighted by molar-refractivity contribution is 7.99. The van der Waals surface area contributed by atoms with Crippen molar-refractivity contribution in [2.24, 2.45) is 0 Å². The summed E-state index contributed by atoms with van der Waals surface area (Å²) in [6.45, 7) is 8.97. The van der Waals surface area contributed by atoms with Crippen LogP contribution in [0.5, 0.6) is 0 Å². The molecule has 0 saturated carbocycles. The Balaban J connectivity index is 0.886. The van der Waals surface area contributed by atoms with Gasteiger partial charge in [-0.25, -0.2) is 4.98 Å². The molecule has 0 aliphatic carbocycles. The van der Waals surface area contributed by atoms with Crippen LogP contribution >= 0.6 is 11.8 Å². The van der Waals surface area contributed by atoms with E-state index >= 15 is 0 Å². The Morgan fingerprint density at radius 1 is 0.585 bits per heavy atom. The second-order valence-corrected chi connectivity index (χ2v) is 12.1. The number of hydrogen-bond acceptors (Lipinski definition) is 6. The molecule has 5 nitrogen and oxygen atoms in total. The first-order chi connectivity index (χ1) is 20.3. The average Bonchev–Trinajstić information content (AvgIpc) is 3.03. The van der Waals surface area contributed by atoms with Crippen LogP contribution in [0.4, 0.5) is 17.1 Å². The van der Waals surface area contributed by atoms with Gasteiger partial charge in [-0.2, -0.15) is 0 Å². The number of aromatic nitrogens is 1. The minimum Gasteiger partial charge on any atom is -0.384 e. The minimum absolute atomic E-state index is 0.968. The Kier molecular flexibility index (Phi) is 7.78.